The second-order valence-electron chi connectivity index (χ2n) is 7.18. The summed E-state index contributed by atoms with van der Waals surface area (Å²) >= 11 is 0. The smallest absolute Gasteiger partial charge is 0.258 e. The molecule has 2 aromatic carbocycles. The number of imidazole rings is 1. The van der Waals surface area contributed by atoms with Gasteiger partial charge in [-0.05, 0) is 58.4 Å². The van der Waals surface area contributed by atoms with Gasteiger partial charge in [-0.25, -0.2) is 4.98 Å². The summed E-state index contributed by atoms with van der Waals surface area (Å²) < 4.78 is 24.7. The van der Waals surface area contributed by atoms with E-state index in [0.717, 1.165) is 17.5 Å². The molecule has 1 amide bonds. The van der Waals surface area contributed by atoms with Gasteiger partial charge in [0.15, 0.2) is 11.5 Å². The summed E-state index contributed by atoms with van der Waals surface area (Å²) in [6.45, 7) is 11.0. The van der Waals surface area contributed by atoms with Gasteiger partial charge in [-0.1, -0.05) is 12.1 Å². The first-order chi connectivity index (χ1) is 16.1. The molecule has 0 unspecified atom stereocenters. The van der Waals surface area contributed by atoms with E-state index in [9.17, 15) is 4.79 Å². The molecule has 0 saturated heterocycles. The Hall–Kier alpha value is -3.26. The van der Waals surface area contributed by atoms with Crippen molar-refractivity contribution in [3.8, 4) is 17.2 Å². The van der Waals surface area contributed by atoms with E-state index >= 15 is 0 Å². The van der Waals surface area contributed by atoms with Gasteiger partial charge >= 0.3 is 0 Å². The summed E-state index contributed by atoms with van der Waals surface area (Å²) in [6.07, 6.45) is 0.809. The summed E-state index contributed by atoms with van der Waals surface area (Å²) in [6, 6.07) is 11.2. The molecule has 3 rings (SSSR count). The highest BCUT2D eigenvalue weighted by molar-refractivity contribution is 6.05. The van der Waals surface area contributed by atoms with Crippen molar-refractivity contribution >= 4 is 22.9 Å². The minimum absolute atomic E-state index is 0.304. The van der Waals surface area contributed by atoms with E-state index in [1.165, 1.54) is 0 Å². The fourth-order valence-corrected chi connectivity index (χ4v) is 3.56. The topological polar surface area (TPSA) is 83.8 Å². The Bertz CT molecular complexity index is 1040. The molecule has 33 heavy (non-hydrogen) atoms. The minimum atomic E-state index is -0.304. The predicted molar refractivity (Wildman–Crippen MR) is 129 cm³/mol. The lowest BCUT2D eigenvalue weighted by molar-refractivity contribution is 0.102. The van der Waals surface area contributed by atoms with Crippen LogP contribution >= 0.6 is 0 Å². The Balaban J connectivity index is 1.93. The number of benzene rings is 2. The average molecular weight is 456 g/mol. The van der Waals surface area contributed by atoms with E-state index in [1.54, 1.807) is 12.1 Å². The molecule has 0 aliphatic heterocycles. The predicted octanol–water partition coefficient (Wildman–Crippen LogP) is 4.91. The molecule has 178 valence electrons. The molecule has 0 fully saturated rings. The Morgan fingerprint density at radius 1 is 0.939 bits per heavy atom. The fraction of sp³-hybridized carbons (Fsp3) is 0.440. The maximum absolute atomic E-state index is 13.3. The maximum atomic E-state index is 13.3. The molecule has 0 saturated carbocycles. The lowest BCUT2D eigenvalue weighted by Crippen LogP contribution is -2.17. The van der Waals surface area contributed by atoms with Gasteiger partial charge in [-0.15, -0.1) is 0 Å². The van der Waals surface area contributed by atoms with Crippen molar-refractivity contribution in [2.75, 3.05) is 38.4 Å². The number of carbonyl (C=O) groups excluding carboxylic acids is 1. The van der Waals surface area contributed by atoms with Crippen LogP contribution in [0.25, 0.3) is 11.0 Å². The van der Waals surface area contributed by atoms with Crippen molar-refractivity contribution in [2.24, 2.45) is 0 Å². The number of anilines is 1. The monoisotopic (exact) mass is 455 g/mol. The number of aromatic nitrogens is 2. The van der Waals surface area contributed by atoms with Gasteiger partial charge in [-0.2, -0.15) is 0 Å². The molecular weight excluding hydrogens is 422 g/mol. The molecule has 0 spiro atoms. The Labute approximate surface area is 194 Å². The molecule has 0 radical (unpaired) electrons. The number of nitrogens with one attached hydrogen (secondary N) is 1. The van der Waals surface area contributed by atoms with Crippen LogP contribution in [0.4, 0.5) is 5.95 Å². The zero-order valence-corrected chi connectivity index (χ0v) is 19.8. The molecule has 1 N–H and O–H groups in total. The van der Waals surface area contributed by atoms with Crippen LogP contribution in [0.15, 0.2) is 36.4 Å². The van der Waals surface area contributed by atoms with E-state index < -0.39 is 0 Å². The van der Waals surface area contributed by atoms with Crippen LogP contribution < -0.4 is 19.5 Å². The SMILES string of the molecule is CCOCCCn1c(NC(=O)c2cc(OCC)c(OCC)c(OCC)c2)nc2ccccc21. The summed E-state index contributed by atoms with van der Waals surface area (Å²) in [5.74, 6) is 1.63. The second-order valence-corrected chi connectivity index (χ2v) is 7.18. The van der Waals surface area contributed by atoms with E-state index in [4.69, 9.17) is 18.9 Å². The Morgan fingerprint density at radius 2 is 1.61 bits per heavy atom. The van der Waals surface area contributed by atoms with Crippen LogP contribution in [0, 0.1) is 0 Å². The molecule has 0 aliphatic rings. The van der Waals surface area contributed by atoms with Crippen LogP contribution in [0.2, 0.25) is 0 Å². The van der Waals surface area contributed by atoms with Gasteiger partial charge in [-0.3, -0.25) is 10.1 Å². The summed E-state index contributed by atoms with van der Waals surface area (Å²) in [5.41, 5.74) is 2.18. The third kappa shape index (κ3) is 5.96. The number of fused-ring (bicyclic) bond motifs is 1. The molecule has 1 aromatic heterocycles. The van der Waals surface area contributed by atoms with Crippen molar-refractivity contribution in [2.45, 2.75) is 40.7 Å². The number of hydrogen-bond donors (Lipinski definition) is 1. The first kappa shape index (κ1) is 24.4. The second kappa shape index (κ2) is 12.1. The lowest BCUT2D eigenvalue weighted by atomic mass is 10.1. The van der Waals surface area contributed by atoms with Crippen LogP contribution in [0.3, 0.4) is 0 Å². The first-order valence-corrected chi connectivity index (χ1v) is 11.5. The van der Waals surface area contributed by atoms with Crippen LogP contribution in [-0.4, -0.2) is 48.5 Å². The lowest BCUT2D eigenvalue weighted by Gasteiger charge is -2.17. The van der Waals surface area contributed by atoms with Crippen LogP contribution in [0.1, 0.15) is 44.5 Å². The highest BCUT2D eigenvalue weighted by atomic mass is 16.5. The Kier molecular flexibility index (Phi) is 8.95. The van der Waals surface area contributed by atoms with Crippen molar-refractivity contribution in [3.05, 3.63) is 42.0 Å². The summed E-state index contributed by atoms with van der Waals surface area (Å²) in [5, 5.41) is 2.97. The molecule has 8 heteroatoms. The molecule has 8 nitrogen and oxygen atoms in total. The average Bonchev–Trinajstić information content (AvgIpc) is 3.15. The highest BCUT2D eigenvalue weighted by Crippen LogP contribution is 2.39. The van der Waals surface area contributed by atoms with Crippen molar-refractivity contribution < 1.29 is 23.7 Å². The van der Waals surface area contributed by atoms with Gasteiger partial charge in [0, 0.05) is 25.3 Å². The van der Waals surface area contributed by atoms with Gasteiger partial charge in [0.2, 0.25) is 11.7 Å². The third-order valence-corrected chi connectivity index (χ3v) is 4.93. The molecule has 0 aliphatic carbocycles. The van der Waals surface area contributed by atoms with Gasteiger partial charge < -0.3 is 23.5 Å². The maximum Gasteiger partial charge on any atom is 0.258 e. The summed E-state index contributed by atoms with van der Waals surface area (Å²) in [4.78, 5) is 17.9. The van der Waals surface area contributed by atoms with Gasteiger partial charge in [0.05, 0.1) is 30.9 Å². The van der Waals surface area contributed by atoms with E-state index in [2.05, 4.69) is 10.3 Å². The van der Waals surface area contributed by atoms with E-state index in [0.29, 0.717) is 68.3 Å². The standard InChI is InChI=1S/C25H33N3O5/c1-5-30-15-11-14-28-20-13-10-9-12-19(20)26-25(28)27-24(29)18-16-21(31-6-2)23(33-8-4)22(17-18)32-7-3/h9-10,12-13,16-17H,5-8,11,14-15H2,1-4H3,(H,26,27,29). The largest absolute Gasteiger partial charge is 0.490 e. The van der Waals surface area contributed by atoms with Gasteiger partial charge in [0.1, 0.15) is 0 Å². The zero-order chi connectivity index (χ0) is 23.6. The minimum Gasteiger partial charge on any atom is -0.490 e. The van der Waals surface area contributed by atoms with E-state index in [-0.39, 0.29) is 5.91 Å². The number of nitrogens with zero attached hydrogens (tertiary/aromatic N) is 2. The quantitative estimate of drug-likeness (QED) is 0.369. The number of hydrogen-bond acceptors (Lipinski definition) is 6. The van der Waals surface area contributed by atoms with E-state index in [1.807, 2.05) is 56.5 Å². The molecule has 0 atom stereocenters. The molecule has 1 heterocycles. The molecular formula is C25H33N3O5. The Morgan fingerprint density at radius 3 is 2.24 bits per heavy atom. The highest BCUT2D eigenvalue weighted by Gasteiger charge is 2.20. The fourth-order valence-electron chi connectivity index (χ4n) is 3.56. The normalized spacial score (nSPS) is 10.9. The van der Waals surface area contributed by atoms with Gasteiger partial charge in [0.25, 0.3) is 5.91 Å². The number of ether oxygens (including phenoxy) is 4. The van der Waals surface area contributed by atoms with Crippen molar-refractivity contribution in [1.82, 2.24) is 9.55 Å². The number of rotatable bonds is 13. The van der Waals surface area contributed by atoms with Crippen molar-refractivity contribution in [1.29, 1.82) is 0 Å². The first-order valence-electron chi connectivity index (χ1n) is 11.5. The molecule has 0 bridgehead atoms. The number of amides is 1. The molecule has 3 aromatic rings. The van der Waals surface area contributed by atoms with Crippen LogP contribution in [0.5, 0.6) is 17.2 Å². The number of carbonyl (C=O) groups is 1. The zero-order valence-electron chi connectivity index (χ0n) is 19.8. The van der Waals surface area contributed by atoms with Crippen LogP contribution in [-0.2, 0) is 11.3 Å². The summed E-state index contributed by atoms with van der Waals surface area (Å²) in [7, 11) is 0. The third-order valence-electron chi connectivity index (χ3n) is 4.93. The number of aryl methyl sites for hydroxylation is 1. The van der Waals surface area contributed by atoms with Crippen molar-refractivity contribution in [3.63, 3.8) is 0 Å². The number of para-hydroxylation sites is 2.